The van der Waals surface area contributed by atoms with Crippen LogP contribution in [0.5, 0.6) is 11.5 Å². The van der Waals surface area contributed by atoms with E-state index in [4.69, 9.17) is 4.74 Å². The Hall–Kier alpha value is -3.72. The molecule has 166 valence electrons. The van der Waals surface area contributed by atoms with E-state index >= 15 is 0 Å². The molecule has 0 amide bonds. The Balaban J connectivity index is 1.67. The molecule has 3 rings (SSSR count). The van der Waals surface area contributed by atoms with Gasteiger partial charge in [-0.3, -0.25) is 4.31 Å². The highest BCUT2D eigenvalue weighted by atomic mass is 32.2. The molecule has 0 atom stereocenters. The minimum absolute atomic E-state index is 0.0708. The quantitative estimate of drug-likeness (QED) is 0.277. The van der Waals surface area contributed by atoms with Crippen LogP contribution in [-0.2, 0) is 14.8 Å². The van der Waals surface area contributed by atoms with Crippen LogP contribution in [0.4, 0.5) is 14.5 Å². The van der Waals surface area contributed by atoms with E-state index in [1.165, 1.54) is 67.7 Å². The van der Waals surface area contributed by atoms with Crippen LogP contribution >= 0.6 is 0 Å². The average molecular weight is 459 g/mol. The average Bonchev–Trinajstić information content (AvgIpc) is 2.79. The van der Waals surface area contributed by atoms with Crippen molar-refractivity contribution in [3.05, 3.63) is 90.5 Å². The molecule has 3 aromatic carbocycles. The summed E-state index contributed by atoms with van der Waals surface area (Å²) in [6, 6.07) is 19.9. The zero-order chi connectivity index (χ0) is 23.1. The van der Waals surface area contributed by atoms with Gasteiger partial charge in [0.1, 0.15) is 11.5 Å². The normalized spacial score (nSPS) is 11.5. The first-order chi connectivity index (χ1) is 15.3. The van der Waals surface area contributed by atoms with Gasteiger partial charge >= 0.3 is 12.6 Å². The summed E-state index contributed by atoms with van der Waals surface area (Å²) in [5.41, 5.74) is 0.662. The minimum atomic E-state index is -3.73. The van der Waals surface area contributed by atoms with Gasteiger partial charge in [-0.15, -0.1) is 0 Å². The van der Waals surface area contributed by atoms with E-state index in [1.807, 2.05) is 0 Å². The van der Waals surface area contributed by atoms with Crippen LogP contribution in [0, 0.1) is 0 Å². The van der Waals surface area contributed by atoms with Crippen molar-refractivity contribution in [1.82, 2.24) is 0 Å². The van der Waals surface area contributed by atoms with Crippen LogP contribution in [0.1, 0.15) is 5.56 Å². The molecule has 0 aliphatic heterocycles. The lowest BCUT2D eigenvalue weighted by atomic mass is 10.2. The number of para-hydroxylation sites is 1. The van der Waals surface area contributed by atoms with Crippen molar-refractivity contribution in [2.75, 3.05) is 11.4 Å². The van der Waals surface area contributed by atoms with Crippen LogP contribution in [-0.4, -0.2) is 28.0 Å². The number of esters is 1. The Morgan fingerprint density at radius 2 is 1.56 bits per heavy atom. The lowest BCUT2D eigenvalue weighted by Crippen LogP contribution is -2.26. The molecular formula is C23H19F2NO5S. The maximum Gasteiger partial charge on any atom is 0.387 e. The fourth-order valence-electron chi connectivity index (χ4n) is 2.74. The number of anilines is 1. The topological polar surface area (TPSA) is 72.9 Å². The van der Waals surface area contributed by atoms with Crippen molar-refractivity contribution in [3.63, 3.8) is 0 Å². The van der Waals surface area contributed by atoms with Gasteiger partial charge in [0, 0.05) is 18.7 Å². The first-order valence-corrected chi connectivity index (χ1v) is 10.8. The maximum absolute atomic E-state index is 12.7. The molecule has 0 N–H and O–H groups in total. The summed E-state index contributed by atoms with van der Waals surface area (Å²) in [6.45, 7) is -2.99. The largest absolute Gasteiger partial charge is 0.434 e. The number of hydrogen-bond donors (Lipinski definition) is 0. The molecule has 0 spiro atoms. The molecule has 0 aromatic heterocycles. The smallest absolute Gasteiger partial charge is 0.387 e. The van der Waals surface area contributed by atoms with E-state index < -0.39 is 22.6 Å². The molecule has 9 heteroatoms. The number of sulfonamides is 1. The minimum Gasteiger partial charge on any atom is -0.434 e. The summed E-state index contributed by atoms with van der Waals surface area (Å²) in [6.07, 6.45) is 2.38. The predicted molar refractivity (Wildman–Crippen MR) is 116 cm³/mol. The van der Waals surface area contributed by atoms with Gasteiger partial charge in [0.05, 0.1) is 10.6 Å². The van der Waals surface area contributed by atoms with Gasteiger partial charge in [0.15, 0.2) is 0 Å². The van der Waals surface area contributed by atoms with Crippen LogP contribution in [0.15, 0.2) is 89.8 Å². The zero-order valence-corrected chi connectivity index (χ0v) is 17.7. The standard InChI is InChI=1S/C23H19F2NO5S/c1-26(32(28,29)20-8-3-2-4-9-20)18-12-14-19(15-13-18)30-22(27)16-11-17-7-5-6-10-21(17)31-23(24)25/h2-16,23H,1H3/b16-11+. The van der Waals surface area contributed by atoms with Crippen LogP contribution in [0.3, 0.4) is 0 Å². The van der Waals surface area contributed by atoms with Gasteiger partial charge in [-0.2, -0.15) is 8.78 Å². The van der Waals surface area contributed by atoms with Gasteiger partial charge < -0.3 is 9.47 Å². The zero-order valence-electron chi connectivity index (χ0n) is 16.9. The van der Waals surface area contributed by atoms with Gasteiger partial charge in [-0.1, -0.05) is 36.4 Å². The van der Waals surface area contributed by atoms with Crippen molar-refractivity contribution >= 4 is 27.8 Å². The molecule has 0 unspecified atom stereocenters. The molecule has 6 nitrogen and oxygen atoms in total. The summed E-state index contributed by atoms with van der Waals surface area (Å²) in [5.74, 6) is -0.626. The van der Waals surface area contributed by atoms with Crippen molar-refractivity contribution < 1.29 is 31.5 Å². The lowest BCUT2D eigenvalue weighted by molar-refractivity contribution is -0.128. The number of alkyl halides is 2. The number of carbonyl (C=O) groups excluding carboxylic acids is 1. The third-order valence-electron chi connectivity index (χ3n) is 4.35. The van der Waals surface area contributed by atoms with E-state index in [-0.39, 0.29) is 22.0 Å². The molecule has 0 radical (unpaired) electrons. The highest BCUT2D eigenvalue weighted by Gasteiger charge is 2.20. The van der Waals surface area contributed by atoms with E-state index in [0.717, 1.165) is 10.4 Å². The second-order valence-corrected chi connectivity index (χ2v) is 8.42. The van der Waals surface area contributed by atoms with E-state index in [1.54, 1.807) is 24.3 Å². The van der Waals surface area contributed by atoms with Crippen LogP contribution in [0.25, 0.3) is 6.08 Å². The molecule has 0 saturated heterocycles. The third-order valence-corrected chi connectivity index (χ3v) is 6.15. The fourth-order valence-corrected chi connectivity index (χ4v) is 3.96. The number of nitrogens with zero attached hydrogens (tertiary/aromatic N) is 1. The van der Waals surface area contributed by atoms with E-state index in [0.29, 0.717) is 5.69 Å². The number of carbonyl (C=O) groups is 1. The second-order valence-electron chi connectivity index (χ2n) is 6.45. The van der Waals surface area contributed by atoms with E-state index in [2.05, 4.69) is 4.74 Å². The van der Waals surface area contributed by atoms with Crippen molar-refractivity contribution in [2.45, 2.75) is 11.5 Å². The van der Waals surface area contributed by atoms with E-state index in [9.17, 15) is 22.0 Å². The Morgan fingerprint density at radius 1 is 0.938 bits per heavy atom. The van der Waals surface area contributed by atoms with Crippen molar-refractivity contribution in [1.29, 1.82) is 0 Å². The van der Waals surface area contributed by atoms with Crippen molar-refractivity contribution in [3.8, 4) is 11.5 Å². The summed E-state index contributed by atoms with van der Waals surface area (Å²) < 4.78 is 61.0. The second kappa shape index (κ2) is 10.1. The predicted octanol–water partition coefficient (Wildman–Crippen LogP) is 4.73. The highest BCUT2D eigenvalue weighted by molar-refractivity contribution is 7.92. The Labute approximate surface area is 184 Å². The molecular weight excluding hydrogens is 440 g/mol. The fraction of sp³-hybridized carbons (Fsp3) is 0.0870. The van der Waals surface area contributed by atoms with Crippen LogP contribution in [0.2, 0.25) is 0 Å². The SMILES string of the molecule is CN(c1ccc(OC(=O)/C=C/c2ccccc2OC(F)F)cc1)S(=O)(=O)c1ccccc1. The van der Waals surface area contributed by atoms with Crippen molar-refractivity contribution in [2.24, 2.45) is 0 Å². The summed E-state index contributed by atoms with van der Waals surface area (Å²) >= 11 is 0. The highest BCUT2D eigenvalue weighted by Crippen LogP contribution is 2.25. The third kappa shape index (κ3) is 5.70. The van der Waals surface area contributed by atoms with Gasteiger partial charge in [0.25, 0.3) is 10.0 Å². The van der Waals surface area contributed by atoms with Gasteiger partial charge in [-0.25, -0.2) is 13.2 Å². The molecule has 0 saturated carbocycles. The molecule has 3 aromatic rings. The Kier molecular flexibility index (Phi) is 7.21. The van der Waals surface area contributed by atoms with Crippen LogP contribution < -0.4 is 13.8 Å². The Bertz CT molecular complexity index is 1200. The van der Waals surface area contributed by atoms with Gasteiger partial charge in [0.2, 0.25) is 0 Å². The monoisotopic (exact) mass is 459 g/mol. The summed E-state index contributed by atoms with van der Waals surface area (Å²) in [5, 5.41) is 0. The number of halogens is 2. The number of benzene rings is 3. The first kappa shape index (κ1) is 23.0. The van der Waals surface area contributed by atoms with Gasteiger partial charge in [-0.05, 0) is 48.5 Å². The molecule has 0 aliphatic rings. The number of hydrogen-bond acceptors (Lipinski definition) is 5. The molecule has 0 aliphatic carbocycles. The molecule has 32 heavy (non-hydrogen) atoms. The maximum atomic E-state index is 12.7. The molecule has 0 bridgehead atoms. The number of rotatable bonds is 8. The lowest BCUT2D eigenvalue weighted by Gasteiger charge is -2.19. The summed E-state index contributed by atoms with van der Waals surface area (Å²) in [7, 11) is -2.31. The first-order valence-electron chi connectivity index (χ1n) is 9.35. The molecule has 0 heterocycles. The summed E-state index contributed by atoms with van der Waals surface area (Å²) in [4.78, 5) is 12.2. The Morgan fingerprint density at radius 3 is 2.22 bits per heavy atom. The number of ether oxygens (including phenoxy) is 2. The molecule has 0 fully saturated rings.